The molecule has 0 spiro atoms. The Hall–Kier alpha value is -1.15. The first-order valence-corrected chi connectivity index (χ1v) is 7.80. The van der Waals surface area contributed by atoms with Gasteiger partial charge in [-0.2, -0.15) is 0 Å². The van der Waals surface area contributed by atoms with Crippen molar-refractivity contribution in [1.29, 1.82) is 0 Å². The molecular formula is C11H20N2O5S. The molecule has 1 saturated heterocycles. The van der Waals surface area contributed by atoms with E-state index in [4.69, 9.17) is 9.84 Å². The first-order chi connectivity index (χ1) is 8.90. The Bertz CT molecular complexity index is 363. The van der Waals surface area contributed by atoms with Crippen molar-refractivity contribution in [2.45, 2.75) is 25.4 Å². The molecule has 1 fully saturated rings. The van der Waals surface area contributed by atoms with E-state index in [0.717, 1.165) is 0 Å². The monoisotopic (exact) mass is 292 g/mol. The lowest BCUT2D eigenvalue weighted by Crippen LogP contribution is -2.49. The predicted molar refractivity (Wildman–Crippen MR) is 70.4 cm³/mol. The molecule has 1 aliphatic rings. The number of carbonyl (C=O) groups excluding carboxylic acids is 1. The highest BCUT2D eigenvalue weighted by atomic mass is 32.2. The van der Waals surface area contributed by atoms with E-state index in [1.807, 2.05) is 6.92 Å². The van der Waals surface area contributed by atoms with Crippen LogP contribution in [0.5, 0.6) is 0 Å². The lowest BCUT2D eigenvalue weighted by molar-refractivity contribution is -0.142. The van der Waals surface area contributed by atoms with Crippen molar-refractivity contribution in [3.8, 4) is 0 Å². The lowest BCUT2D eigenvalue weighted by Gasteiger charge is -2.19. The highest BCUT2D eigenvalue weighted by Crippen LogP contribution is 2.13. The second kappa shape index (κ2) is 7.44. The van der Waals surface area contributed by atoms with Gasteiger partial charge in [0.15, 0.2) is 0 Å². The van der Waals surface area contributed by atoms with Crippen LogP contribution in [0, 0.1) is 5.92 Å². The summed E-state index contributed by atoms with van der Waals surface area (Å²) in [6, 6.07) is -1.05. The quantitative estimate of drug-likeness (QED) is 0.614. The molecule has 0 radical (unpaired) electrons. The molecule has 0 aromatic heterocycles. The number of nitrogens with one attached hydrogen (secondary N) is 2. The summed E-state index contributed by atoms with van der Waals surface area (Å²) < 4.78 is 16.0. The Morgan fingerprint density at radius 3 is 2.74 bits per heavy atom. The van der Waals surface area contributed by atoms with Crippen molar-refractivity contribution in [3.63, 3.8) is 0 Å². The molecule has 0 aliphatic carbocycles. The van der Waals surface area contributed by atoms with Gasteiger partial charge in [0.25, 0.3) is 0 Å². The maximum absolute atomic E-state index is 11.7. The maximum Gasteiger partial charge on any atom is 0.315 e. The summed E-state index contributed by atoms with van der Waals surface area (Å²) >= 11 is 0. The number of carboxylic acid groups (broad SMARTS) is 1. The zero-order valence-corrected chi connectivity index (χ0v) is 11.9. The zero-order valence-electron chi connectivity index (χ0n) is 11.0. The normalized spacial score (nSPS) is 25.6. The molecule has 0 aromatic carbocycles. The van der Waals surface area contributed by atoms with Crippen LogP contribution in [0.2, 0.25) is 0 Å². The van der Waals surface area contributed by atoms with Gasteiger partial charge in [-0.15, -0.1) is 0 Å². The third kappa shape index (κ3) is 5.56. The van der Waals surface area contributed by atoms with E-state index in [2.05, 4.69) is 10.6 Å². The van der Waals surface area contributed by atoms with Crippen LogP contribution >= 0.6 is 0 Å². The minimum absolute atomic E-state index is 0.116. The number of urea groups is 1. The van der Waals surface area contributed by atoms with E-state index < -0.39 is 34.8 Å². The molecule has 19 heavy (non-hydrogen) atoms. The average Bonchev–Trinajstić information content (AvgIpc) is 2.74. The Morgan fingerprint density at radius 1 is 1.47 bits per heavy atom. The summed E-state index contributed by atoms with van der Waals surface area (Å²) in [4.78, 5) is 22.6. The molecule has 4 atom stereocenters. The highest BCUT2D eigenvalue weighted by molar-refractivity contribution is 7.84. The van der Waals surface area contributed by atoms with Crippen LogP contribution < -0.4 is 10.6 Å². The first-order valence-electron chi connectivity index (χ1n) is 6.07. The van der Waals surface area contributed by atoms with Crippen molar-refractivity contribution in [1.82, 2.24) is 10.6 Å². The highest BCUT2D eigenvalue weighted by Gasteiger charge is 2.35. The van der Waals surface area contributed by atoms with Crippen LogP contribution in [0.3, 0.4) is 0 Å². The Morgan fingerprint density at radius 2 is 2.16 bits per heavy atom. The second-order valence-electron chi connectivity index (χ2n) is 4.67. The summed E-state index contributed by atoms with van der Waals surface area (Å²) in [5, 5.41) is 14.2. The van der Waals surface area contributed by atoms with Gasteiger partial charge in [0.2, 0.25) is 0 Å². The Balaban J connectivity index is 2.34. The predicted octanol–water partition coefficient (Wildman–Crippen LogP) is -0.458. The van der Waals surface area contributed by atoms with Crippen molar-refractivity contribution >= 4 is 22.8 Å². The van der Waals surface area contributed by atoms with Gasteiger partial charge < -0.3 is 20.5 Å². The molecule has 1 rings (SSSR count). The topological polar surface area (TPSA) is 105 Å². The number of hydrogen-bond donors (Lipinski definition) is 3. The standard InChI is InChI=1S/C11H20N2O5S/c1-7(3-4-19(2)17)12-11(16)13-9-6-18-5-8(9)10(14)15/h7-9H,3-6H2,1-2H3,(H,14,15)(H2,12,13,16). The largest absolute Gasteiger partial charge is 0.481 e. The molecule has 0 saturated carbocycles. The molecule has 3 N–H and O–H groups in total. The second-order valence-corrected chi connectivity index (χ2v) is 6.23. The number of rotatable bonds is 6. The van der Waals surface area contributed by atoms with Crippen LogP contribution in [0.25, 0.3) is 0 Å². The molecule has 1 heterocycles. The van der Waals surface area contributed by atoms with E-state index in [0.29, 0.717) is 12.2 Å². The van der Waals surface area contributed by atoms with Gasteiger partial charge in [-0.05, 0) is 13.3 Å². The first kappa shape index (κ1) is 15.9. The summed E-state index contributed by atoms with van der Waals surface area (Å²) in [5.41, 5.74) is 0. The van der Waals surface area contributed by atoms with Gasteiger partial charge in [-0.3, -0.25) is 9.00 Å². The molecule has 8 heteroatoms. The lowest BCUT2D eigenvalue weighted by atomic mass is 10.0. The van der Waals surface area contributed by atoms with Gasteiger partial charge in [0, 0.05) is 28.9 Å². The van der Waals surface area contributed by atoms with Crippen molar-refractivity contribution in [2.24, 2.45) is 5.92 Å². The fraction of sp³-hybridized carbons (Fsp3) is 0.818. The van der Waals surface area contributed by atoms with Gasteiger partial charge in [-0.25, -0.2) is 4.79 Å². The molecular weight excluding hydrogens is 272 g/mol. The van der Waals surface area contributed by atoms with Crippen molar-refractivity contribution in [2.75, 3.05) is 25.2 Å². The van der Waals surface area contributed by atoms with Gasteiger partial charge in [0.1, 0.15) is 5.92 Å². The SMILES string of the molecule is CC(CCS(C)=O)NC(=O)NC1COCC1C(=O)O. The molecule has 1 aliphatic heterocycles. The smallest absolute Gasteiger partial charge is 0.315 e. The third-order valence-electron chi connectivity index (χ3n) is 2.93. The fourth-order valence-electron chi connectivity index (χ4n) is 1.79. The Kier molecular flexibility index (Phi) is 6.23. The van der Waals surface area contributed by atoms with Gasteiger partial charge in [0.05, 0.1) is 19.3 Å². The van der Waals surface area contributed by atoms with Crippen LogP contribution in [0.4, 0.5) is 4.79 Å². The van der Waals surface area contributed by atoms with E-state index in [1.165, 1.54) is 0 Å². The van der Waals surface area contributed by atoms with E-state index in [1.54, 1.807) is 6.26 Å². The van der Waals surface area contributed by atoms with Crippen molar-refractivity contribution < 1.29 is 23.6 Å². The zero-order chi connectivity index (χ0) is 14.4. The number of carbonyl (C=O) groups is 2. The molecule has 4 unspecified atom stereocenters. The van der Waals surface area contributed by atoms with E-state index in [-0.39, 0.29) is 19.3 Å². The van der Waals surface area contributed by atoms with E-state index in [9.17, 15) is 13.8 Å². The van der Waals surface area contributed by atoms with Crippen molar-refractivity contribution in [3.05, 3.63) is 0 Å². The summed E-state index contributed by atoms with van der Waals surface area (Å²) in [6.45, 7) is 2.13. The molecule has 110 valence electrons. The minimum Gasteiger partial charge on any atom is -0.481 e. The number of hydrogen-bond acceptors (Lipinski definition) is 4. The molecule has 7 nitrogen and oxygen atoms in total. The summed E-state index contributed by atoms with van der Waals surface area (Å²) in [6.07, 6.45) is 2.22. The van der Waals surface area contributed by atoms with Crippen LogP contribution in [-0.2, 0) is 20.3 Å². The van der Waals surface area contributed by atoms with Crippen LogP contribution in [-0.4, -0.2) is 58.6 Å². The van der Waals surface area contributed by atoms with Crippen LogP contribution in [0.15, 0.2) is 0 Å². The van der Waals surface area contributed by atoms with E-state index >= 15 is 0 Å². The number of amides is 2. The maximum atomic E-state index is 11.7. The minimum atomic E-state index is -0.975. The van der Waals surface area contributed by atoms with Gasteiger partial charge >= 0.3 is 12.0 Å². The average molecular weight is 292 g/mol. The third-order valence-corrected chi connectivity index (χ3v) is 3.74. The number of carboxylic acids is 1. The number of aliphatic carboxylic acids is 1. The molecule has 0 aromatic rings. The summed E-state index contributed by atoms with van der Waals surface area (Å²) in [7, 11) is -0.886. The number of ether oxygens (including phenoxy) is 1. The van der Waals surface area contributed by atoms with Crippen LogP contribution in [0.1, 0.15) is 13.3 Å². The van der Waals surface area contributed by atoms with Gasteiger partial charge in [-0.1, -0.05) is 0 Å². The Labute approximate surface area is 114 Å². The fourth-order valence-corrected chi connectivity index (χ4v) is 2.47. The summed E-state index contributed by atoms with van der Waals surface area (Å²) in [5.74, 6) is -1.16. The molecule has 2 amide bonds. The molecule has 0 bridgehead atoms.